The predicted molar refractivity (Wildman–Crippen MR) is 109 cm³/mol. The van der Waals surface area contributed by atoms with Gasteiger partial charge >= 0.3 is 14.8 Å². The van der Waals surface area contributed by atoms with E-state index in [4.69, 9.17) is 19.0 Å². The van der Waals surface area contributed by atoms with Gasteiger partial charge in [-0.15, -0.1) is 0 Å². The van der Waals surface area contributed by atoms with Crippen LogP contribution < -0.4 is 11.1 Å². The Balaban J connectivity index is 4.70. The topological polar surface area (TPSA) is 82.8 Å². The number of amides is 2. The number of nitrogens with two attached hydrogens (primary N) is 1. The SMILES string of the molecule is CCCCCO[Si](CCCNC(N)=O)(OCCCCC)OCCCCC. The zero-order chi connectivity index (χ0) is 19.5. The third-order valence-corrected chi connectivity index (χ3v) is 7.07. The van der Waals surface area contributed by atoms with Gasteiger partial charge in [0.1, 0.15) is 0 Å². The number of nitrogens with one attached hydrogen (secondary N) is 1. The maximum Gasteiger partial charge on any atom is 0.501 e. The number of carbonyl (C=O) groups is 1. The van der Waals surface area contributed by atoms with Gasteiger partial charge in [0.15, 0.2) is 0 Å². The minimum absolute atomic E-state index is 0.492. The van der Waals surface area contributed by atoms with Crippen molar-refractivity contribution < 1.29 is 18.1 Å². The van der Waals surface area contributed by atoms with Crippen molar-refractivity contribution in [3.8, 4) is 0 Å². The van der Waals surface area contributed by atoms with E-state index in [9.17, 15) is 4.79 Å². The first kappa shape index (κ1) is 25.4. The molecule has 0 fully saturated rings. The third kappa shape index (κ3) is 14.5. The largest absolute Gasteiger partial charge is 0.501 e. The van der Waals surface area contributed by atoms with Crippen LogP contribution in [0.1, 0.15) is 85.0 Å². The zero-order valence-electron chi connectivity index (χ0n) is 17.3. The van der Waals surface area contributed by atoms with Crippen LogP contribution in [-0.2, 0) is 13.3 Å². The van der Waals surface area contributed by atoms with Gasteiger partial charge in [-0.05, 0) is 25.7 Å². The smallest absolute Gasteiger partial charge is 0.373 e. The molecule has 0 spiro atoms. The van der Waals surface area contributed by atoms with Gasteiger partial charge in [-0.3, -0.25) is 0 Å². The summed E-state index contributed by atoms with van der Waals surface area (Å²) in [7, 11) is -2.71. The van der Waals surface area contributed by atoms with E-state index in [1.807, 2.05) is 0 Å². The second kappa shape index (κ2) is 17.8. The second-order valence-electron chi connectivity index (χ2n) is 6.74. The van der Waals surface area contributed by atoms with E-state index in [1.54, 1.807) is 0 Å². The Morgan fingerprint density at radius 3 is 1.54 bits per heavy atom. The van der Waals surface area contributed by atoms with Gasteiger partial charge in [-0.25, -0.2) is 4.79 Å². The summed E-state index contributed by atoms with van der Waals surface area (Å²) in [4.78, 5) is 10.9. The summed E-state index contributed by atoms with van der Waals surface area (Å²) < 4.78 is 18.7. The number of urea groups is 1. The molecule has 0 rings (SSSR count). The van der Waals surface area contributed by atoms with Crippen molar-refractivity contribution in [3.63, 3.8) is 0 Å². The van der Waals surface area contributed by atoms with Gasteiger partial charge in [0.2, 0.25) is 0 Å². The molecular formula is C19H42N2O4Si. The van der Waals surface area contributed by atoms with Gasteiger partial charge in [0.05, 0.1) is 0 Å². The molecule has 156 valence electrons. The lowest BCUT2D eigenvalue weighted by Gasteiger charge is -2.30. The molecule has 0 aromatic rings. The fraction of sp³-hybridized carbons (Fsp3) is 0.947. The number of hydrogen-bond donors (Lipinski definition) is 2. The van der Waals surface area contributed by atoms with Gasteiger partial charge in [0, 0.05) is 32.4 Å². The summed E-state index contributed by atoms with van der Waals surface area (Å²) in [5.41, 5.74) is 5.15. The first-order valence-corrected chi connectivity index (χ1v) is 12.5. The van der Waals surface area contributed by atoms with E-state index < -0.39 is 14.8 Å². The van der Waals surface area contributed by atoms with Crippen molar-refractivity contribution in [1.29, 1.82) is 0 Å². The highest BCUT2D eigenvalue weighted by Crippen LogP contribution is 2.20. The fourth-order valence-electron chi connectivity index (χ4n) is 2.60. The average Bonchev–Trinajstić information content (AvgIpc) is 2.63. The Labute approximate surface area is 161 Å². The maximum atomic E-state index is 10.9. The van der Waals surface area contributed by atoms with Gasteiger partial charge in [0.25, 0.3) is 0 Å². The molecule has 26 heavy (non-hydrogen) atoms. The van der Waals surface area contributed by atoms with Crippen LogP contribution in [0.15, 0.2) is 0 Å². The van der Waals surface area contributed by atoms with Crippen LogP contribution >= 0.6 is 0 Å². The highest BCUT2D eigenvalue weighted by atomic mass is 28.4. The normalized spacial score (nSPS) is 11.7. The van der Waals surface area contributed by atoms with E-state index in [0.29, 0.717) is 26.4 Å². The molecule has 0 heterocycles. The minimum atomic E-state index is -2.71. The molecule has 0 saturated carbocycles. The Morgan fingerprint density at radius 1 is 0.769 bits per heavy atom. The van der Waals surface area contributed by atoms with Crippen molar-refractivity contribution >= 4 is 14.8 Å². The van der Waals surface area contributed by atoms with E-state index in [2.05, 4.69) is 26.1 Å². The van der Waals surface area contributed by atoms with Crippen LogP contribution in [0.2, 0.25) is 6.04 Å². The predicted octanol–water partition coefficient (Wildman–Crippen LogP) is 4.60. The molecule has 0 unspecified atom stereocenters. The van der Waals surface area contributed by atoms with Crippen LogP contribution in [0.5, 0.6) is 0 Å². The monoisotopic (exact) mass is 390 g/mol. The lowest BCUT2D eigenvalue weighted by atomic mass is 10.3. The molecule has 6 nitrogen and oxygen atoms in total. The zero-order valence-corrected chi connectivity index (χ0v) is 18.3. The summed E-state index contributed by atoms with van der Waals surface area (Å²) >= 11 is 0. The van der Waals surface area contributed by atoms with E-state index in [-0.39, 0.29) is 0 Å². The summed E-state index contributed by atoms with van der Waals surface area (Å²) in [6, 6.07) is 0.228. The van der Waals surface area contributed by atoms with Crippen molar-refractivity contribution in [3.05, 3.63) is 0 Å². The maximum absolute atomic E-state index is 10.9. The highest BCUT2D eigenvalue weighted by Gasteiger charge is 2.40. The number of rotatable bonds is 19. The Bertz CT molecular complexity index is 301. The van der Waals surface area contributed by atoms with Gasteiger partial charge in [-0.1, -0.05) is 59.3 Å². The molecule has 0 aromatic carbocycles. The van der Waals surface area contributed by atoms with Crippen molar-refractivity contribution in [1.82, 2.24) is 5.32 Å². The van der Waals surface area contributed by atoms with Crippen molar-refractivity contribution in [2.24, 2.45) is 5.73 Å². The van der Waals surface area contributed by atoms with Crippen molar-refractivity contribution in [2.45, 2.75) is 91.0 Å². The Kier molecular flexibility index (Phi) is 17.3. The van der Waals surface area contributed by atoms with E-state index >= 15 is 0 Å². The van der Waals surface area contributed by atoms with Crippen LogP contribution in [0.4, 0.5) is 4.79 Å². The minimum Gasteiger partial charge on any atom is -0.373 e. The van der Waals surface area contributed by atoms with Crippen LogP contribution in [0.25, 0.3) is 0 Å². The molecular weight excluding hydrogens is 348 g/mol. The van der Waals surface area contributed by atoms with Gasteiger partial charge < -0.3 is 24.3 Å². The molecule has 0 aliphatic carbocycles. The molecule has 0 bridgehead atoms. The summed E-state index contributed by atoms with van der Waals surface area (Å²) in [6.45, 7) is 9.13. The molecule has 0 atom stereocenters. The lowest BCUT2D eigenvalue weighted by Crippen LogP contribution is -2.47. The standard InChI is InChI=1S/C19H42N2O4Si/c1-4-7-10-15-23-26(24-16-11-8-5-2,25-17-12-9-6-3)18-13-14-21-19(20)22/h4-18H2,1-3H3,(H3,20,21,22). The van der Waals surface area contributed by atoms with Crippen LogP contribution in [-0.4, -0.2) is 41.2 Å². The molecule has 3 N–H and O–H groups in total. The highest BCUT2D eigenvalue weighted by molar-refractivity contribution is 6.60. The number of hydrogen-bond acceptors (Lipinski definition) is 4. The van der Waals surface area contributed by atoms with E-state index in [0.717, 1.165) is 70.3 Å². The molecule has 7 heteroatoms. The quantitative estimate of drug-likeness (QED) is 0.249. The summed E-state index contributed by atoms with van der Waals surface area (Å²) in [5.74, 6) is 0. The average molecular weight is 391 g/mol. The van der Waals surface area contributed by atoms with Crippen LogP contribution in [0, 0.1) is 0 Å². The molecule has 0 aliphatic rings. The Hall–Kier alpha value is -0.633. The fourth-order valence-corrected chi connectivity index (χ4v) is 5.26. The Morgan fingerprint density at radius 2 is 1.19 bits per heavy atom. The molecule has 0 saturated heterocycles. The number of carbonyl (C=O) groups excluding carboxylic acids is 1. The number of primary amides is 1. The first-order valence-electron chi connectivity index (χ1n) is 10.5. The first-order chi connectivity index (χ1) is 12.6. The molecule has 0 aliphatic heterocycles. The lowest BCUT2D eigenvalue weighted by molar-refractivity contribution is 0.0550. The van der Waals surface area contributed by atoms with Gasteiger partial charge in [-0.2, -0.15) is 0 Å². The molecule has 2 amide bonds. The van der Waals surface area contributed by atoms with E-state index in [1.165, 1.54) is 0 Å². The molecule has 0 aromatic heterocycles. The number of unbranched alkanes of at least 4 members (excludes halogenated alkanes) is 6. The van der Waals surface area contributed by atoms with Crippen molar-refractivity contribution in [2.75, 3.05) is 26.4 Å². The third-order valence-electron chi connectivity index (χ3n) is 4.17. The molecule has 0 radical (unpaired) electrons. The summed E-state index contributed by atoms with van der Waals surface area (Å²) in [5, 5.41) is 2.64. The summed E-state index contributed by atoms with van der Waals surface area (Å²) in [6.07, 6.45) is 10.8. The van der Waals surface area contributed by atoms with Crippen LogP contribution in [0.3, 0.4) is 0 Å². The second-order valence-corrected chi connectivity index (χ2v) is 9.48.